The van der Waals surface area contributed by atoms with Crippen LogP contribution in [-0.4, -0.2) is 29.9 Å². The minimum Gasteiger partial charge on any atom is -0.465 e. The van der Waals surface area contributed by atoms with Gasteiger partial charge < -0.3 is 4.74 Å². The number of hydrogen-bond acceptors (Lipinski definition) is 6. The first-order valence-corrected chi connectivity index (χ1v) is 11.8. The molecule has 12 heteroatoms. The zero-order valence-electron chi connectivity index (χ0n) is 16.4. The molecule has 0 heterocycles. The molecule has 3 rings (SSSR count). The maximum absolute atomic E-state index is 14.2. The Balaban J connectivity index is 1.96. The van der Waals surface area contributed by atoms with Crippen molar-refractivity contribution < 1.29 is 35.1 Å². The number of anilines is 2. The van der Waals surface area contributed by atoms with Crippen molar-refractivity contribution >= 4 is 37.4 Å². The maximum Gasteiger partial charge on any atom is 0.337 e. The molecular weight excluding hydrogens is 466 g/mol. The Labute approximate surface area is 183 Å². The standard InChI is InChI=1S/C20H16F2N2O6S2/c1-30-20(25)13-6-11-16(22)19(12-13)32(28,29)24-18-5-3-2-4-17(18)23-31(26,27)15-9-7-14(21)8-10-15/h2-12,23-24H,1H3. The summed E-state index contributed by atoms with van der Waals surface area (Å²) in [5.41, 5.74) is -0.564. The van der Waals surface area contributed by atoms with E-state index in [9.17, 15) is 30.4 Å². The molecular formula is C20H16F2N2O6S2. The Hall–Kier alpha value is -3.51. The van der Waals surface area contributed by atoms with E-state index in [2.05, 4.69) is 14.2 Å². The zero-order chi connectivity index (χ0) is 23.5. The highest BCUT2D eigenvalue weighted by molar-refractivity contribution is 7.93. The van der Waals surface area contributed by atoms with Crippen LogP contribution in [0.25, 0.3) is 0 Å². The van der Waals surface area contributed by atoms with Crippen LogP contribution in [0.5, 0.6) is 0 Å². The first-order valence-electron chi connectivity index (χ1n) is 8.81. The summed E-state index contributed by atoms with van der Waals surface area (Å²) in [7, 11) is -7.68. The van der Waals surface area contributed by atoms with Crippen LogP contribution in [0.2, 0.25) is 0 Å². The van der Waals surface area contributed by atoms with Crippen molar-refractivity contribution in [3.05, 3.63) is 83.9 Å². The minimum atomic E-state index is -4.57. The Bertz CT molecular complexity index is 1380. The molecule has 0 saturated carbocycles. The van der Waals surface area contributed by atoms with E-state index in [1.807, 2.05) is 0 Å². The Kier molecular flexibility index (Phi) is 6.46. The third-order valence-electron chi connectivity index (χ3n) is 4.18. The molecule has 0 bridgehead atoms. The number of halogens is 2. The van der Waals surface area contributed by atoms with E-state index in [0.29, 0.717) is 0 Å². The lowest BCUT2D eigenvalue weighted by Gasteiger charge is -2.15. The van der Waals surface area contributed by atoms with Gasteiger partial charge in [0, 0.05) is 0 Å². The van der Waals surface area contributed by atoms with Gasteiger partial charge in [0.15, 0.2) is 0 Å². The average molecular weight is 482 g/mol. The molecule has 3 aromatic rings. The molecule has 0 saturated heterocycles. The number of para-hydroxylation sites is 2. The predicted molar refractivity (Wildman–Crippen MR) is 112 cm³/mol. The molecule has 32 heavy (non-hydrogen) atoms. The van der Waals surface area contributed by atoms with E-state index >= 15 is 0 Å². The third-order valence-corrected chi connectivity index (χ3v) is 6.94. The van der Waals surface area contributed by atoms with Gasteiger partial charge in [0.1, 0.15) is 16.5 Å². The van der Waals surface area contributed by atoms with Gasteiger partial charge in [0.05, 0.1) is 28.9 Å². The molecule has 0 atom stereocenters. The summed E-state index contributed by atoms with van der Waals surface area (Å²) in [6, 6.07) is 12.1. The van der Waals surface area contributed by atoms with E-state index in [4.69, 9.17) is 0 Å². The smallest absolute Gasteiger partial charge is 0.337 e. The zero-order valence-corrected chi connectivity index (χ0v) is 18.0. The van der Waals surface area contributed by atoms with Crippen molar-refractivity contribution in [3.8, 4) is 0 Å². The van der Waals surface area contributed by atoms with Crippen LogP contribution >= 0.6 is 0 Å². The highest BCUT2D eigenvalue weighted by Gasteiger charge is 2.24. The fraction of sp³-hybridized carbons (Fsp3) is 0.0500. The number of sulfonamides is 2. The Morgan fingerprint density at radius 3 is 1.94 bits per heavy atom. The van der Waals surface area contributed by atoms with Crippen molar-refractivity contribution in [1.29, 1.82) is 0 Å². The lowest BCUT2D eigenvalue weighted by molar-refractivity contribution is 0.0600. The minimum absolute atomic E-state index is 0.162. The number of ether oxygens (including phenoxy) is 1. The molecule has 168 valence electrons. The second kappa shape index (κ2) is 8.93. The van der Waals surface area contributed by atoms with Crippen molar-refractivity contribution in [2.24, 2.45) is 0 Å². The molecule has 2 N–H and O–H groups in total. The molecule has 0 unspecified atom stereocenters. The molecule has 0 fully saturated rings. The van der Waals surface area contributed by atoms with E-state index in [0.717, 1.165) is 49.6 Å². The number of benzene rings is 3. The number of carbonyl (C=O) groups excluding carboxylic acids is 1. The lowest BCUT2D eigenvalue weighted by atomic mass is 10.2. The third kappa shape index (κ3) is 5.03. The maximum atomic E-state index is 14.2. The van der Waals surface area contributed by atoms with Gasteiger partial charge in [-0.2, -0.15) is 0 Å². The predicted octanol–water partition coefficient (Wildman–Crippen LogP) is 3.35. The Morgan fingerprint density at radius 1 is 0.812 bits per heavy atom. The molecule has 0 spiro atoms. The number of hydrogen-bond donors (Lipinski definition) is 2. The summed E-state index contributed by atoms with van der Waals surface area (Å²) < 4.78 is 86.9. The molecule has 0 aliphatic carbocycles. The van der Waals surface area contributed by atoms with Gasteiger partial charge >= 0.3 is 5.97 Å². The molecule has 0 aliphatic heterocycles. The van der Waals surface area contributed by atoms with Crippen LogP contribution < -0.4 is 9.44 Å². The molecule has 0 radical (unpaired) electrons. The first kappa shape index (κ1) is 23.2. The number of nitrogens with one attached hydrogen (secondary N) is 2. The molecule has 8 nitrogen and oxygen atoms in total. The number of esters is 1. The second-order valence-corrected chi connectivity index (χ2v) is 9.68. The number of rotatable bonds is 7. The lowest BCUT2D eigenvalue weighted by Crippen LogP contribution is -2.19. The fourth-order valence-electron chi connectivity index (χ4n) is 2.63. The normalized spacial score (nSPS) is 11.6. The van der Waals surface area contributed by atoms with Gasteiger partial charge in [-0.25, -0.2) is 30.4 Å². The van der Waals surface area contributed by atoms with Gasteiger partial charge in [-0.15, -0.1) is 0 Å². The van der Waals surface area contributed by atoms with Gasteiger partial charge in [-0.05, 0) is 54.6 Å². The first-order chi connectivity index (χ1) is 15.0. The van der Waals surface area contributed by atoms with Crippen molar-refractivity contribution in [1.82, 2.24) is 0 Å². The summed E-state index contributed by atoms with van der Waals surface area (Å²) in [4.78, 5) is 10.6. The summed E-state index contributed by atoms with van der Waals surface area (Å²) in [5, 5.41) is 0. The van der Waals surface area contributed by atoms with Crippen LogP contribution in [-0.2, 0) is 24.8 Å². The second-order valence-electron chi connectivity index (χ2n) is 6.35. The summed E-state index contributed by atoms with van der Waals surface area (Å²) in [6.45, 7) is 0. The van der Waals surface area contributed by atoms with E-state index in [1.165, 1.54) is 24.3 Å². The van der Waals surface area contributed by atoms with Crippen molar-refractivity contribution in [3.63, 3.8) is 0 Å². The van der Waals surface area contributed by atoms with Crippen LogP contribution in [0.3, 0.4) is 0 Å². The van der Waals surface area contributed by atoms with Crippen molar-refractivity contribution in [2.45, 2.75) is 9.79 Å². The number of carbonyl (C=O) groups is 1. The van der Waals surface area contributed by atoms with E-state index < -0.39 is 42.5 Å². The average Bonchev–Trinajstić information content (AvgIpc) is 2.74. The molecule has 0 aliphatic rings. The van der Waals surface area contributed by atoms with E-state index in [1.54, 1.807) is 0 Å². The highest BCUT2D eigenvalue weighted by atomic mass is 32.2. The molecule has 0 amide bonds. The van der Waals surface area contributed by atoms with Crippen molar-refractivity contribution in [2.75, 3.05) is 16.6 Å². The fourth-order valence-corrected chi connectivity index (χ4v) is 4.90. The molecule has 0 aromatic heterocycles. The SMILES string of the molecule is COC(=O)c1ccc(F)c(S(=O)(=O)Nc2ccccc2NS(=O)(=O)c2ccc(F)cc2)c1. The van der Waals surface area contributed by atoms with Gasteiger partial charge in [-0.3, -0.25) is 9.44 Å². The van der Waals surface area contributed by atoms with E-state index in [-0.39, 0.29) is 21.8 Å². The van der Waals surface area contributed by atoms with Crippen LogP contribution in [0.4, 0.5) is 20.2 Å². The number of methoxy groups -OCH3 is 1. The van der Waals surface area contributed by atoms with Crippen LogP contribution in [0.15, 0.2) is 76.5 Å². The summed E-state index contributed by atoms with van der Waals surface area (Å²) in [5.74, 6) is -2.63. The van der Waals surface area contributed by atoms with Gasteiger partial charge in [0.2, 0.25) is 0 Å². The highest BCUT2D eigenvalue weighted by Crippen LogP contribution is 2.28. The van der Waals surface area contributed by atoms with Gasteiger partial charge in [0.25, 0.3) is 20.0 Å². The summed E-state index contributed by atoms with van der Waals surface area (Å²) in [6.07, 6.45) is 0. The van der Waals surface area contributed by atoms with Crippen LogP contribution in [0.1, 0.15) is 10.4 Å². The molecule has 3 aromatic carbocycles. The quantitative estimate of drug-likeness (QED) is 0.499. The van der Waals surface area contributed by atoms with Gasteiger partial charge in [-0.1, -0.05) is 12.1 Å². The summed E-state index contributed by atoms with van der Waals surface area (Å²) >= 11 is 0. The topological polar surface area (TPSA) is 119 Å². The largest absolute Gasteiger partial charge is 0.465 e. The Morgan fingerprint density at radius 2 is 1.38 bits per heavy atom. The van der Waals surface area contributed by atoms with Crippen LogP contribution in [0, 0.1) is 11.6 Å². The monoisotopic (exact) mass is 482 g/mol.